The van der Waals surface area contributed by atoms with Gasteiger partial charge in [0, 0.05) is 6.04 Å². The van der Waals surface area contributed by atoms with Crippen LogP contribution < -0.4 is 11.3 Å². The van der Waals surface area contributed by atoms with E-state index >= 15 is 0 Å². The minimum absolute atomic E-state index is 0.223. The lowest BCUT2D eigenvalue weighted by atomic mass is 10.00. The third kappa shape index (κ3) is 2.54. The van der Waals surface area contributed by atoms with Gasteiger partial charge in [-0.2, -0.15) is 0 Å². The minimum atomic E-state index is 0.223. The van der Waals surface area contributed by atoms with Gasteiger partial charge in [-0.15, -0.1) is 0 Å². The average molecular weight is 178 g/mol. The summed E-state index contributed by atoms with van der Waals surface area (Å²) in [4.78, 5) is 0. The summed E-state index contributed by atoms with van der Waals surface area (Å²) in [5.74, 6) is 5.94. The summed E-state index contributed by atoms with van der Waals surface area (Å²) in [5, 5.41) is 0. The molecule has 0 amide bonds. The van der Waals surface area contributed by atoms with Gasteiger partial charge < -0.3 is 0 Å². The van der Waals surface area contributed by atoms with Crippen LogP contribution in [-0.4, -0.2) is 0 Å². The standard InChI is InChI=1S/C11H18N2/c1-8(2)10-4-6-11(7-5-10)9(3)13-12/h4-9,13H,12H2,1-3H3/t9-/m1/s1. The monoisotopic (exact) mass is 178 g/mol. The van der Waals surface area contributed by atoms with Crippen molar-refractivity contribution >= 4 is 0 Å². The first-order chi connectivity index (χ1) is 6.15. The second kappa shape index (κ2) is 4.40. The smallest absolute Gasteiger partial charge is 0.0431 e. The molecule has 1 aromatic rings. The van der Waals surface area contributed by atoms with Gasteiger partial charge in [0.2, 0.25) is 0 Å². The summed E-state index contributed by atoms with van der Waals surface area (Å²) in [6.07, 6.45) is 0. The molecule has 2 nitrogen and oxygen atoms in total. The fourth-order valence-corrected chi connectivity index (χ4v) is 1.27. The van der Waals surface area contributed by atoms with E-state index in [1.54, 1.807) is 0 Å². The number of rotatable bonds is 3. The van der Waals surface area contributed by atoms with Crippen molar-refractivity contribution in [2.75, 3.05) is 0 Å². The Morgan fingerprint density at radius 1 is 1.00 bits per heavy atom. The lowest BCUT2D eigenvalue weighted by molar-refractivity contribution is 0.602. The van der Waals surface area contributed by atoms with Gasteiger partial charge in [0.25, 0.3) is 0 Å². The SMILES string of the molecule is CC(C)c1ccc([C@@H](C)NN)cc1. The van der Waals surface area contributed by atoms with E-state index in [9.17, 15) is 0 Å². The molecule has 0 heterocycles. The van der Waals surface area contributed by atoms with Crippen LogP contribution in [0.25, 0.3) is 0 Å². The van der Waals surface area contributed by atoms with Crippen LogP contribution in [0.3, 0.4) is 0 Å². The van der Waals surface area contributed by atoms with E-state index in [0.717, 1.165) is 0 Å². The zero-order valence-corrected chi connectivity index (χ0v) is 8.54. The molecule has 0 bridgehead atoms. The largest absolute Gasteiger partial charge is 0.271 e. The maximum Gasteiger partial charge on any atom is 0.0431 e. The van der Waals surface area contributed by atoms with Crippen molar-refractivity contribution in [3.63, 3.8) is 0 Å². The first-order valence-corrected chi connectivity index (χ1v) is 4.71. The van der Waals surface area contributed by atoms with Crippen LogP contribution in [0, 0.1) is 0 Å². The van der Waals surface area contributed by atoms with E-state index in [1.165, 1.54) is 11.1 Å². The number of hydrogen-bond donors (Lipinski definition) is 2. The molecule has 3 N–H and O–H groups in total. The topological polar surface area (TPSA) is 38.0 Å². The quantitative estimate of drug-likeness (QED) is 0.550. The highest BCUT2D eigenvalue weighted by Crippen LogP contribution is 2.17. The lowest BCUT2D eigenvalue weighted by Gasteiger charge is -2.11. The lowest BCUT2D eigenvalue weighted by Crippen LogP contribution is -2.25. The summed E-state index contributed by atoms with van der Waals surface area (Å²) in [5.41, 5.74) is 5.33. The summed E-state index contributed by atoms with van der Waals surface area (Å²) in [7, 11) is 0. The van der Waals surface area contributed by atoms with Gasteiger partial charge >= 0.3 is 0 Å². The molecule has 0 aromatic heterocycles. The van der Waals surface area contributed by atoms with Crippen LogP contribution in [0.15, 0.2) is 24.3 Å². The molecule has 0 unspecified atom stereocenters. The van der Waals surface area contributed by atoms with E-state index in [0.29, 0.717) is 5.92 Å². The van der Waals surface area contributed by atoms with E-state index in [4.69, 9.17) is 5.84 Å². The first-order valence-electron chi connectivity index (χ1n) is 4.71. The fourth-order valence-electron chi connectivity index (χ4n) is 1.27. The second-order valence-electron chi connectivity index (χ2n) is 3.71. The highest BCUT2D eigenvalue weighted by Gasteiger charge is 2.03. The Kier molecular flexibility index (Phi) is 3.46. The van der Waals surface area contributed by atoms with Crippen molar-refractivity contribution in [2.24, 2.45) is 5.84 Å². The van der Waals surface area contributed by atoms with E-state index in [2.05, 4.69) is 43.5 Å². The number of benzene rings is 1. The van der Waals surface area contributed by atoms with Gasteiger partial charge in [-0.05, 0) is 24.0 Å². The van der Waals surface area contributed by atoms with Crippen molar-refractivity contribution in [2.45, 2.75) is 32.7 Å². The van der Waals surface area contributed by atoms with Gasteiger partial charge in [-0.1, -0.05) is 38.1 Å². The molecule has 2 heteroatoms. The van der Waals surface area contributed by atoms with Gasteiger partial charge in [0.05, 0.1) is 0 Å². The van der Waals surface area contributed by atoms with Gasteiger partial charge in [0.1, 0.15) is 0 Å². The van der Waals surface area contributed by atoms with Crippen LogP contribution in [0.5, 0.6) is 0 Å². The molecular formula is C11H18N2. The molecule has 1 atom stereocenters. The molecule has 0 saturated heterocycles. The Bertz CT molecular complexity index is 251. The Hall–Kier alpha value is -0.860. The van der Waals surface area contributed by atoms with Crippen LogP contribution in [0.4, 0.5) is 0 Å². The highest BCUT2D eigenvalue weighted by molar-refractivity contribution is 5.26. The maximum absolute atomic E-state index is 5.35. The Balaban J connectivity index is 2.81. The van der Waals surface area contributed by atoms with Crippen LogP contribution in [0.2, 0.25) is 0 Å². The average Bonchev–Trinajstić information content (AvgIpc) is 2.17. The Morgan fingerprint density at radius 3 is 1.85 bits per heavy atom. The van der Waals surface area contributed by atoms with Crippen LogP contribution in [0.1, 0.15) is 43.9 Å². The summed E-state index contributed by atoms with van der Waals surface area (Å²) in [6, 6.07) is 8.79. The second-order valence-corrected chi connectivity index (χ2v) is 3.71. The molecule has 0 aliphatic carbocycles. The third-order valence-electron chi connectivity index (χ3n) is 2.35. The van der Waals surface area contributed by atoms with E-state index in [1.807, 2.05) is 6.92 Å². The van der Waals surface area contributed by atoms with Crippen molar-refractivity contribution < 1.29 is 0 Å². The van der Waals surface area contributed by atoms with Gasteiger partial charge in [-0.25, -0.2) is 0 Å². The maximum atomic E-state index is 5.35. The highest BCUT2D eigenvalue weighted by atomic mass is 15.2. The molecule has 0 spiro atoms. The van der Waals surface area contributed by atoms with Gasteiger partial charge in [0.15, 0.2) is 0 Å². The first kappa shape index (κ1) is 10.2. The molecule has 0 aliphatic heterocycles. The molecule has 0 saturated carbocycles. The number of nitrogens with two attached hydrogens (primary N) is 1. The molecule has 1 aromatic carbocycles. The minimum Gasteiger partial charge on any atom is -0.271 e. The number of nitrogens with one attached hydrogen (secondary N) is 1. The molecular weight excluding hydrogens is 160 g/mol. The molecule has 0 radical (unpaired) electrons. The number of hydrazine groups is 1. The van der Waals surface area contributed by atoms with E-state index < -0.39 is 0 Å². The molecule has 72 valence electrons. The third-order valence-corrected chi connectivity index (χ3v) is 2.35. The predicted octanol–water partition coefficient (Wildman–Crippen LogP) is 2.33. The Morgan fingerprint density at radius 2 is 1.46 bits per heavy atom. The Labute approximate surface area is 80.1 Å². The van der Waals surface area contributed by atoms with Crippen LogP contribution in [-0.2, 0) is 0 Å². The number of hydrogen-bond acceptors (Lipinski definition) is 2. The zero-order chi connectivity index (χ0) is 9.84. The predicted molar refractivity (Wildman–Crippen MR) is 56.3 cm³/mol. The summed E-state index contributed by atoms with van der Waals surface area (Å²) >= 11 is 0. The van der Waals surface area contributed by atoms with Crippen molar-refractivity contribution in [1.82, 2.24) is 5.43 Å². The molecule has 1 rings (SSSR count). The summed E-state index contributed by atoms with van der Waals surface area (Å²) in [6.45, 7) is 6.43. The van der Waals surface area contributed by atoms with E-state index in [-0.39, 0.29) is 6.04 Å². The van der Waals surface area contributed by atoms with Gasteiger partial charge in [-0.3, -0.25) is 11.3 Å². The van der Waals surface area contributed by atoms with Crippen LogP contribution >= 0.6 is 0 Å². The molecule has 0 fully saturated rings. The molecule has 0 aliphatic rings. The summed E-state index contributed by atoms with van der Waals surface area (Å²) < 4.78 is 0. The van der Waals surface area contributed by atoms with Crippen molar-refractivity contribution in [3.8, 4) is 0 Å². The van der Waals surface area contributed by atoms with Crippen molar-refractivity contribution in [3.05, 3.63) is 35.4 Å². The normalized spacial score (nSPS) is 13.3. The zero-order valence-electron chi connectivity index (χ0n) is 8.54. The molecule has 13 heavy (non-hydrogen) atoms. The fraction of sp³-hybridized carbons (Fsp3) is 0.455. The van der Waals surface area contributed by atoms with Crippen molar-refractivity contribution in [1.29, 1.82) is 0 Å².